The van der Waals surface area contributed by atoms with Gasteiger partial charge in [-0.25, -0.2) is 12.7 Å². The Bertz CT molecular complexity index is 863. The molecule has 0 amide bonds. The van der Waals surface area contributed by atoms with E-state index in [0.29, 0.717) is 16.7 Å². The summed E-state index contributed by atoms with van der Waals surface area (Å²) in [5.74, 6) is 0.524. The van der Waals surface area contributed by atoms with Crippen molar-refractivity contribution in [1.29, 1.82) is 0 Å². The summed E-state index contributed by atoms with van der Waals surface area (Å²) >= 11 is 5.33. The largest absolute Gasteiger partial charge is 0.332 e. The van der Waals surface area contributed by atoms with Gasteiger partial charge in [0.2, 0.25) is 10.0 Å². The Morgan fingerprint density at radius 2 is 1.69 bits per heavy atom. The summed E-state index contributed by atoms with van der Waals surface area (Å²) in [4.78, 5) is 0.216. The van der Waals surface area contributed by atoms with Crippen molar-refractivity contribution >= 4 is 38.7 Å². The standard InChI is InChI=1S/C19H25N3O2S2/c1-5-14(2)15-9-11-16(12-10-15)20-19(25)21-17-7-6-8-18(13-17)26(23,24)22(3)4/h6-14H,5H2,1-4H3,(H2,20,21,25). The topological polar surface area (TPSA) is 61.4 Å². The molecule has 1 atom stereocenters. The zero-order chi connectivity index (χ0) is 19.3. The number of benzene rings is 2. The zero-order valence-corrected chi connectivity index (χ0v) is 17.1. The average molecular weight is 392 g/mol. The van der Waals surface area contributed by atoms with Gasteiger partial charge in [-0.05, 0) is 60.5 Å². The van der Waals surface area contributed by atoms with Crippen LogP contribution >= 0.6 is 12.2 Å². The van der Waals surface area contributed by atoms with Crippen LogP contribution in [-0.4, -0.2) is 31.9 Å². The molecule has 0 heterocycles. The van der Waals surface area contributed by atoms with Gasteiger partial charge in [0.1, 0.15) is 0 Å². The minimum atomic E-state index is -3.48. The van der Waals surface area contributed by atoms with Crippen LogP contribution in [0.3, 0.4) is 0 Å². The first-order chi connectivity index (χ1) is 12.2. The first-order valence-corrected chi connectivity index (χ1v) is 10.3. The highest BCUT2D eigenvalue weighted by atomic mass is 32.2. The molecule has 140 valence electrons. The number of anilines is 2. The van der Waals surface area contributed by atoms with E-state index in [-0.39, 0.29) is 4.90 Å². The summed E-state index contributed by atoms with van der Waals surface area (Å²) in [5.41, 5.74) is 2.78. The number of rotatable bonds is 6. The minimum Gasteiger partial charge on any atom is -0.332 e. The molecule has 2 aromatic carbocycles. The molecule has 0 saturated heterocycles. The van der Waals surface area contributed by atoms with E-state index in [2.05, 4.69) is 36.6 Å². The van der Waals surface area contributed by atoms with Gasteiger partial charge in [-0.3, -0.25) is 0 Å². The molecule has 2 N–H and O–H groups in total. The second kappa shape index (κ2) is 8.62. The lowest BCUT2D eigenvalue weighted by molar-refractivity contribution is 0.521. The fourth-order valence-corrected chi connectivity index (χ4v) is 3.55. The molecule has 0 aliphatic heterocycles. The van der Waals surface area contributed by atoms with Gasteiger partial charge in [-0.1, -0.05) is 32.0 Å². The lowest BCUT2D eigenvalue weighted by Gasteiger charge is -2.15. The van der Waals surface area contributed by atoms with Crippen LogP contribution in [0.25, 0.3) is 0 Å². The van der Waals surface area contributed by atoms with Gasteiger partial charge in [0.15, 0.2) is 5.11 Å². The van der Waals surface area contributed by atoms with Crippen LogP contribution in [0.1, 0.15) is 31.7 Å². The molecule has 0 saturated carbocycles. The molecule has 7 heteroatoms. The maximum Gasteiger partial charge on any atom is 0.242 e. The second-order valence-electron chi connectivity index (χ2n) is 6.33. The van der Waals surface area contributed by atoms with Gasteiger partial charge in [-0.15, -0.1) is 0 Å². The highest BCUT2D eigenvalue weighted by Gasteiger charge is 2.17. The van der Waals surface area contributed by atoms with Gasteiger partial charge in [-0.2, -0.15) is 0 Å². The molecule has 0 aliphatic rings. The van der Waals surface area contributed by atoms with Crippen molar-refractivity contribution in [2.75, 3.05) is 24.7 Å². The number of sulfonamides is 1. The van der Waals surface area contributed by atoms with E-state index in [4.69, 9.17) is 12.2 Å². The molecule has 0 spiro atoms. The maximum absolute atomic E-state index is 12.2. The molecule has 0 bridgehead atoms. The summed E-state index contributed by atoms with van der Waals surface area (Å²) in [6.45, 7) is 4.36. The van der Waals surface area contributed by atoms with E-state index >= 15 is 0 Å². The van der Waals surface area contributed by atoms with Gasteiger partial charge in [0, 0.05) is 25.5 Å². The predicted octanol–water partition coefficient (Wildman–Crippen LogP) is 4.26. The summed E-state index contributed by atoms with van der Waals surface area (Å²) in [7, 11) is -0.471. The third kappa shape index (κ3) is 5.03. The maximum atomic E-state index is 12.2. The normalized spacial score (nSPS) is 12.7. The molecule has 2 rings (SSSR count). The molecular formula is C19H25N3O2S2. The van der Waals surface area contributed by atoms with Crippen molar-refractivity contribution in [3.63, 3.8) is 0 Å². The van der Waals surface area contributed by atoms with Crippen LogP contribution in [0.4, 0.5) is 11.4 Å². The van der Waals surface area contributed by atoms with Crippen LogP contribution in [0.5, 0.6) is 0 Å². The van der Waals surface area contributed by atoms with E-state index in [0.717, 1.165) is 12.1 Å². The highest BCUT2D eigenvalue weighted by Crippen LogP contribution is 2.21. The Hall–Kier alpha value is -1.96. The van der Waals surface area contributed by atoms with Crippen LogP contribution in [0, 0.1) is 0 Å². The summed E-state index contributed by atoms with van der Waals surface area (Å²) in [5, 5.41) is 6.55. The smallest absolute Gasteiger partial charge is 0.242 e. The highest BCUT2D eigenvalue weighted by molar-refractivity contribution is 7.89. The zero-order valence-electron chi connectivity index (χ0n) is 15.5. The molecular weight excluding hydrogens is 366 g/mol. The first-order valence-electron chi connectivity index (χ1n) is 8.44. The van der Waals surface area contributed by atoms with Crippen LogP contribution in [0.15, 0.2) is 53.4 Å². The third-order valence-electron chi connectivity index (χ3n) is 4.22. The van der Waals surface area contributed by atoms with Gasteiger partial charge < -0.3 is 10.6 Å². The van der Waals surface area contributed by atoms with Crippen molar-refractivity contribution < 1.29 is 8.42 Å². The molecule has 0 fully saturated rings. The van der Waals surface area contributed by atoms with E-state index < -0.39 is 10.0 Å². The van der Waals surface area contributed by atoms with Crippen molar-refractivity contribution in [3.8, 4) is 0 Å². The first kappa shape index (κ1) is 20.4. The fraction of sp³-hybridized carbons (Fsp3) is 0.316. The lowest BCUT2D eigenvalue weighted by atomic mass is 9.99. The number of hydrogen-bond acceptors (Lipinski definition) is 3. The SMILES string of the molecule is CCC(C)c1ccc(NC(=S)Nc2cccc(S(=O)(=O)N(C)C)c2)cc1. The van der Waals surface area contributed by atoms with Crippen LogP contribution < -0.4 is 10.6 Å². The van der Waals surface area contributed by atoms with Crippen molar-refractivity contribution in [2.24, 2.45) is 0 Å². The average Bonchev–Trinajstić information content (AvgIpc) is 2.61. The van der Waals surface area contributed by atoms with E-state index in [1.807, 2.05) is 12.1 Å². The molecule has 5 nitrogen and oxygen atoms in total. The third-order valence-corrected chi connectivity index (χ3v) is 6.24. The van der Waals surface area contributed by atoms with Crippen LogP contribution in [0.2, 0.25) is 0 Å². The molecule has 26 heavy (non-hydrogen) atoms. The number of thiocarbonyl (C=S) groups is 1. The van der Waals surface area contributed by atoms with E-state index in [1.54, 1.807) is 24.3 Å². The monoisotopic (exact) mass is 391 g/mol. The summed E-state index contributed by atoms with van der Waals surface area (Å²) in [6.07, 6.45) is 1.10. The number of hydrogen-bond donors (Lipinski definition) is 2. The lowest BCUT2D eigenvalue weighted by Crippen LogP contribution is -2.23. The van der Waals surface area contributed by atoms with E-state index in [9.17, 15) is 8.42 Å². The van der Waals surface area contributed by atoms with Crippen LogP contribution in [-0.2, 0) is 10.0 Å². The number of nitrogens with one attached hydrogen (secondary N) is 2. The minimum absolute atomic E-state index is 0.216. The van der Waals surface area contributed by atoms with Crippen molar-refractivity contribution in [3.05, 3.63) is 54.1 Å². The predicted molar refractivity (Wildman–Crippen MR) is 112 cm³/mol. The number of nitrogens with zero attached hydrogens (tertiary/aromatic N) is 1. The van der Waals surface area contributed by atoms with Gasteiger partial charge >= 0.3 is 0 Å². The molecule has 1 unspecified atom stereocenters. The molecule has 0 aliphatic carbocycles. The van der Waals surface area contributed by atoms with Crippen molar-refractivity contribution in [2.45, 2.75) is 31.1 Å². The summed E-state index contributed by atoms with van der Waals surface area (Å²) in [6, 6.07) is 14.7. The Morgan fingerprint density at radius 3 is 2.27 bits per heavy atom. The fourth-order valence-electron chi connectivity index (χ4n) is 2.37. The molecule has 2 aromatic rings. The van der Waals surface area contributed by atoms with Crippen molar-refractivity contribution in [1.82, 2.24) is 4.31 Å². The Balaban J connectivity index is 2.06. The Morgan fingerprint density at radius 1 is 1.08 bits per heavy atom. The molecule has 0 aromatic heterocycles. The molecule has 0 radical (unpaired) electrons. The Kier molecular flexibility index (Phi) is 6.75. The van der Waals surface area contributed by atoms with Gasteiger partial charge in [0.25, 0.3) is 0 Å². The summed E-state index contributed by atoms with van der Waals surface area (Å²) < 4.78 is 25.6. The van der Waals surface area contributed by atoms with Gasteiger partial charge in [0.05, 0.1) is 4.90 Å². The van der Waals surface area contributed by atoms with E-state index in [1.165, 1.54) is 24.0 Å². The Labute approximate surface area is 161 Å². The second-order valence-corrected chi connectivity index (χ2v) is 8.89. The quantitative estimate of drug-likeness (QED) is 0.721.